The number of halogens is 1. The van der Waals surface area contributed by atoms with E-state index in [-0.39, 0.29) is 28.5 Å². The zero-order valence-electron chi connectivity index (χ0n) is 14.5. The number of methoxy groups -OCH3 is 2. The highest BCUT2D eigenvalue weighted by atomic mass is 19.1. The second-order valence-corrected chi connectivity index (χ2v) is 5.04. The van der Waals surface area contributed by atoms with Crippen LogP contribution in [0.4, 0.5) is 10.1 Å². The van der Waals surface area contributed by atoms with Crippen LogP contribution in [-0.4, -0.2) is 37.9 Å². The zero-order chi connectivity index (χ0) is 19.8. The largest absolute Gasteiger partial charge is 0.493 e. The maximum absolute atomic E-state index is 13.4. The molecule has 0 saturated heterocycles. The predicted molar refractivity (Wildman–Crippen MR) is 93.8 cm³/mol. The van der Waals surface area contributed by atoms with E-state index < -0.39 is 23.3 Å². The first-order valence-corrected chi connectivity index (χ1v) is 7.56. The Labute approximate surface area is 153 Å². The van der Waals surface area contributed by atoms with Crippen molar-refractivity contribution in [1.29, 1.82) is 0 Å². The van der Waals surface area contributed by atoms with Crippen LogP contribution in [0.3, 0.4) is 0 Å². The maximum atomic E-state index is 13.4. The van der Waals surface area contributed by atoms with E-state index in [0.717, 1.165) is 6.21 Å². The van der Waals surface area contributed by atoms with Crippen molar-refractivity contribution in [3.8, 4) is 17.2 Å². The van der Waals surface area contributed by atoms with Crippen LogP contribution in [0.5, 0.6) is 17.2 Å². The molecule has 9 nitrogen and oxygen atoms in total. The molecule has 0 radical (unpaired) electrons. The lowest BCUT2D eigenvalue weighted by atomic mass is 10.1. The molecule has 10 heteroatoms. The van der Waals surface area contributed by atoms with Gasteiger partial charge in [0.05, 0.1) is 37.0 Å². The van der Waals surface area contributed by atoms with Gasteiger partial charge in [-0.25, -0.2) is 9.82 Å². The lowest BCUT2D eigenvalue weighted by molar-refractivity contribution is -0.385. The number of para-hydroxylation sites is 1. The highest BCUT2D eigenvalue weighted by molar-refractivity contribution is 5.88. The van der Waals surface area contributed by atoms with Crippen LogP contribution < -0.4 is 19.6 Å². The second kappa shape index (κ2) is 9.13. The fraction of sp³-hybridized carbons (Fsp3) is 0.176. The molecule has 0 aliphatic carbocycles. The Kier molecular flexibility index (Phi) is 6.64. The van der Waals surface area contributed by atoms with Crippen molar-refractivity contribution in [3.63, 3.8) is 0 Å². The van der Waals surface area contributed by atoms with Gasteiger partial charge in [-0.3, -0.25) is 14.9 Å². The summed E-state index contributed by atoms with van der Waals surface area (Å²) in [5.41, 5.74) is 1.95. The summed E-state index contributed by atoms with van der Waals surface area (Å²) < 4.78 is 28.5. The molecule has 1 N–H and O–H groups in total. The molecule has 0 spiro atoms. The van der Waals surface area contributed by atoms with E-state index in [9.17, 15) is 19.3 Å². The van der Waals surface area contributed by atoms with E-state index in [1.807, 2.05) is 0 Å². The number of rotatable bonds is 8. The Bertz CT molecular complexity index is 872. The predicted octanol–water partition coefficient (Wildman–Crippen LogP) is 2.28. The highest BCUT2D eigenvalue weighted by Gasteiger charge is 2.18. The molecule has 0 atom stereocenters. The Morgan fingerprint density at radius 2 is 1.89 bits per heavy atom. The minimum atomic E-state index is -0.669. The first kappa shape index (κ1) is 19.6. The molecule has 27 heavy (non-hydrogen) atoms. The minimum absolute atomic E-state index is 0.0767. The van der Waals surface area contributed by atoms with Crippen molar-refractivity contribution in [2.75, 3.05) is 20.8 Å². The summed E-state index contributed by atoms with van der Waals surface area (Å²) in [6.07, 6.45) is 1.08. The number of hydrogen-bond donors (Lipinski definition) is 1. The number of ether oxygens (including phenoxy) is 3. The summed E-state index contributed by atoms with van der Waals surface area (Å²) in [5.74, 6) is -0.901. The van der Waals surface area contributed by atoms with Gasteiger partial charge in [0.15, 0.2) is 29.7 Å². The van der Waals surface area contributed by atoms with Crippen LogP contribution in [-0.2, 0) is 4.79 Å². The molecular formula is C17H16FN3O6. The van der Waals surface area contributed by atoms with Crippen molar-refractivity contribution < 1.29 is 28.3 Å². The number of benzene rings is 2. The Morgan fingerprint density at radius 1 is 1.22 bits per heavy atom. The van der Waals surface area contributed by atoms with Crippen LogP contribution in [0.15, 0.2) is 41.5 Å². The number of carbonyl (C=O) groups excluding carboxylic acids is 1. The number of nitro groups is 1. The van der Waals surface area contributed by atoms with Gasteiger partial charge in [-0.1, -0.05) is 12.1 Å². The van der Waals surface area contributed by atoms with E-state index in [4.69, 9.17) is 14.2 Å². The molecule has 0 bridgehead atoms. The molecule has 0 aromatic heterocycles. The van der Waals surface area contributed by atoms with Crippen molar-refractivity contribution in [1.82, 2.24) is 5.43 Å². The summed E-state index contributed by atoms with van der Waals surface area (Å²) in [7, 11) is 2.73. The third-order valence-corrected chi connectivity index (χ3v) is 3.32. The van der Waals surface area contributed by atoms with Gasteiger partial charge in [0.1, 0.15) is 0 Å². The van der Waals surface area contributed by atoms with Gasteiger partial charge in [0, 0.05) is 0 Å². The maximum Gasteiger partial charge on any atom is 0.282 e. The normalized spacial score (nSPS) is 10.5. The van der Waals surface area contributed by atoms with Gasteiger partial charge in [-0.2, -0.15) is 5.10 Å². The molecular weight excluding hydrogens is 361 g/mol. The quantitative estimate of drug-likeness (QED) is 0.429. The lowest BCUT2D eigenvalue weighted by Gasteiger charge is -2.08. The monoisotopic (exact) mass is 377 g/mol. The second-order valence-electron chi connectivity index (χ2n) is 5.04. The number of hydrogen-bond acceptors (Lipinski definition) is 7. The molecule has 1 amide bonds. The number of carbonyl (C=O) groups is 1. The molecule has 142 valence electrons. The fourth-order valence-electron chi connectivity index (χ4n) is 2.06. The molecule has 0 heterocycles. The Hall–Kier alpha value is -3.69. The van der Waals surface area contributed by atoms with Crippen LogP contribution in [0.25, 0.3) is 0 Å². The molecule has 0 saturated carbocycles. The minimum Gasteiger partial charge on any atom is -0.493 e. The fourth-order valence-corrected chi connectivity index (χ4v) is 2.06. The average Bonchev–Trinajstić information content (AvgIpc) is 2.66. The van der Waals surface area contributed by atoms with E-state index in [2.05, 4.69) is 10.5 Å². The van der Waals surface area contributed by atoms with Crippen LogP contribution in [0.1, 0.15) is 5.56 Å². The van der Waals surface area contributed by atoms with Crippen molar-refractivity contribution in [2.24, 2.45) is 5.10 Å². The van der Waals surface area contributed by atoms with Gasteiger partial charge in [0.25, 0.3) is 11.6 Å². The topological polar surface area (TPSA) is 112 Å². The number of hydrazone groups is 1. The Balaban J connectivity index is 2.05. The summed E-state index contributed by atoms with van der Waals surface area (Å²) in [6.45, 7) is -0.480. The van der Waals surface area contributed by atoms with Gasteiger partial charge >= 0.3 is 0 Å². The van der Waals surface area contributed by atoms with Crippen LogP contribution in [0.2, 0.25) is 0 Å². The van der Waals surface area contributed by atoms with Gasteiger partial charge in [0.2, 0.25) is 0 Å². The van der Waals surface area contributed by atoms with Gasteiger partial charge in [-0.15, -0.1) is 0 Å². The van der Waals surface area contributed by atoms with E-state index >= 15 is 0 Å². The number of nitrogens with zero attached hydrogens (tertiary/aromatic N) is 2. The first-order chi connectivity index (χ1) is 13.0. The summed E-state index contributed by atoms with van der Waals surface area (Å²) in [6, 6.07) is 8.15. The highest BCUT2D eigenvalue weighted by Crippen LogP contribution is 2.33. The first-order valence-electron chi connectivity index (χ1n) is 7.56. The third kappa shape index (κ3) is 5.14. The Morgan fingerprint density at radius 3 is 2.52 bits per heavy atom. The van der Waals surface area contributed by atoms with Gasteiger partial charge < -0.3 is 14.2 Å². The summed E-state index contributed by atoms with van der Waals surface area (Å²) in [4.78, 5) is 22.3. The van der Waals surface area contributed by atoms with Crippen molar-refractivity contribution in [3.05, 3.63) is 57.9 Å². The van der Waals surface area contributed by atoms with Crippen LogP contribution in [0, 0.1) is 15.9 Å². The molecule has 0 aliphatic heterocycles. The van der Waals surface area contributed by atoms with Crippen molar-refractivity contribution in [2.45, 2.75) is 0 Å². The molecule has 0 aliphatic rings. The standard InChI is InChI=1S/C17H16FN3O6/c1-25-15-7-11(13(21(23)24)8-16(15)26-2)9-19-20-17(22)10-27-14-6-4-3-5-12(14)18/h3-9H,10H2,1-2H3,(H,20,22)/b19-9-. The molecule has 0 unspecified atom stereocenters. The summed E-state index contributed by atoms with van der Waals surface area (Å²) >= 11 is 0. The van der Waals surface area contributed by atoms with E-state index in [1.165, 1.54) is 44.6 Å². The molecule has 2 rings (SSSR count). The smallest absolute Gasteiger partial charge is 0.282 e. The SMILES string of the molecule is COc1cc(/C=N\NC(=O)COc2ccccc2F)c([N+](=O)[O-])cc1OC. The number of nitro benzene ring substituents is 1. The van der Waals surface area contributed by atoms with Gasteiger partial charge in [-0.05, 0) is 18.2 Å². The molecule has 2 aromatic carbocycles. The van der Waals surface area contributed by atoms with E-state index in [0.29, 0.717) is 0 Å². The average molecular weight is 377 g/mol. The van der Waals surface area contributed by atoms with Crippen molar-refractivity contribution >= 4 is 17.8 Å². The third-order valence-electron chi connectivity index (χ3n) is 3.32. The van der Waals surface area contributed by atoms with E-state index in [1.54, 1.807) is 6.07 Å². The zero-order valence-corrected chi connectivity index (χ0v) is 14.5. The number of amides is 1. The molecule has 0 fully saturated rings. The molecule has 2 aromatic rings. The lowest BCUT2D eigenvalue weighted by Crippen LogP contribution is -2.24. The van der Waals surface area contributed by atoms with Crippen LogP contribution >= 0.6 is 0 Å². The summed E-state index contributed by atoms with van der Waals surface area (Å²) in [5, 5.41) is 14.8. The number of nitrogens with one attached hydrogen (secondary N) is 1.